The van der Waals surface area contributed by atoms with E-state index < -0.39 is 0 Å². The maximum absolute atomic E-state index is 4.12. The first-order valence-corrected chi connectivity index (χ1v) is 4.19. The lowest BCUT2D eigenvalue weighted by Crippen LogP contribution is -2.03. The van der Waals surface area contributed by atoms with Crippen molar-refractivity contribution < 1.29 is 0 Å². The molecule has 6 nitrogen and oxygen atoms in total. The predicted octanol–water partition coefficient (Wildman–Crippen LogP) is 0.217. The van der Waals surface area contributed by atoms with Crippen LogP contribution in [0.4, 0.5) is 5.82 Å². The van der Waals surface area contributed by atoms with E-state index in [1.54, 1.807) is 29.6 Å². The second kappa shape index (κ2) is 3.82. The van der Waals surface area contributed by atoms with Gasteiger partial charge in [0.2, 0.25) is 0 Å². The maximum atomic E-state index is 4.12. The van der Waals surface area contributed by atoms with Crippen molar-refractivity contribution in [1.82, 2.24) is 24.7 Å². The molecule has 0 saturated heterocycles. The predicted molar refractivity (Wildman–Crippen MR) is 50.4 cm³/mol. The molecule has 72 valence electrons. The van der Waals surface area contributed by atoms with E-state index in [9.17, 15) is 0 Å². The highest BCUT2D eigenvalue weighted by Crippen LogP contribution is 1.99. The average molecular weight is 190 g/mol. The largest absolute Gasteiger partial charge is 0.361 e. The number of nitrogens with zero attached hydrogens (tertiary/aromatic N) is 5. The van der Waals surface area contributed by atoms with E-state index in [2.05, 4.69) is 25.4 Å². The van der Waals surface area contributed by atoms with Crippen LogP contribution in [0.3, 0.4) is 0 Å². The second-order valence-corrected chi connectivity index (χ2v) is 2.78. The Balaban J connectivity index is 1.95. The third-order valence-electron chi connectivity index (χ3n) is 1.64. The summed E-state index contributed by atoms with van der Waals surface area (Å²) in [5, 5.41) is 7.18. The highest BCUT2D eigenvalue weighted by Gasteiger charge is 1.98. The molecule has 0 saturated carbocycles. The van der Waals surface area contributed by atoms with Crippen LogP contribution in [0.2, 0.25) is 0 Å². The molecular weight excluding hydrogens is 180 g/mol. The molecule has 0 fully saturated rings. The Morgan fingerprint density at radius 3 is 2.93 bits per heavy atom. The van der Waals surface area contributed by atoms with Gasteiger partial charge in [-0.2, -0.15) is 5.10 Å². The number of rotatable bonds is 3. The fourth-order valence-electron chi connectivity index (χ4n) is 1.02. The third-order valence-corrected chi connectivity index (χ3v) is 1.64. The first-order valence-electron chi connectivity index (χ1n) is 4.19. The van der Waals surface area contributed by atoms with E-state index in [-0.39, 0.29) is 0 Å². The number of anilines is 1. The van der Waals surface area contributed by atoms with Crippen LogP contribution in [0.15, 0.2) is 24.9 Å². The molecule has 0 radical (unpaired) electrons. The van der Waals surface area contributed by atoms with Gasteiger partial charge in [-0.25, -0.2) is 9.97 Å². The van der Waals surface area contributed by atoms with Gasteiger partial charge in [-0.05, 0) is 0 Å². The molecule has 0 aliphatic heterocycles. The molecule has 14 heavy (non-hydrogen) atoms. The summed E-state index contributed by atoms with van der Waals surface area (Å²) in [7, 11) is 1.83. The lowest BCUT2D eigenvalue weighted by atomic mass is 10.5. The molecule has 0 aliphatic carbocycles. The maximum Gasteiger partial charge on any atom is 0.169 e. The van der Waals surface area contributed by atoms with Gasteiger partial charge in [-0.3, -0.25) is 9.67 Å². The van der Waals surface area contributed by atoms with Crippen molar-refractivity contribution in [3.8, 4) is 0 Å². The molecule has 2 heterocycles. The van der Waals surface area contributed by atoms with Crippen molar-refractivity contribution >= 4 is 5.82 Å². The first-order chi connectivity index (χ1) is 6.84. The quantitative estimate of drug-likeness (QED) is 0.749. The summed E-state index contributed by atoms with van der Waals surface area (Å²) < 4.78 is 1.66. The Morgan fingerprint density at radius 1 is 1.36 bits per heavy atom. The van der Waals surface area contributed by atoms with Crippen molar-refractivity contribution in [2.45, 2.75) is 6.54 Å². The van der Waals surface area contributed by atoms with Crippen molar-refractivity contribution in [1.29, 1.82) is 0 Å². The molecule has 0 atom stereocenters. The SMILES string of the molecule is Cn1cnc(CNc2cnccn2)n1. The van der Waals surface area contributed by atoms with E-state index in [1.807, 2.05) is 7.05 Å². The van der Waals surface area contributed by atoms with E-state index in [0.717, 1.165) is 11.6 Å². The topological polar surface area (TPSA) is 68.5 Å². The zero-order valence-electron chi connectivity index (χ0n) is 7.75. The van der Waals surface area contributed by atoms with Crippen LogP contribution in [0, 0.1) is 0 Å². The monoisotopic (exact) mass is 190 g/mol. The molecule has 0 spiro atoms. The molecule has 0 amide bonds. The van der Waals surface area contributed by atoms with Gasteiger partial charge in [0.25, 0.3) is 0 Å². The molecule has 6 heteroatoms. The van der Waals surface area contributed by atoms with Gasteiger partial charge in [0.05, 0.1) is 12.7 Å². The summed E-state index contributed by atoms with van der Waals surface area (Å²) in [6.45, 7) is 0.555. The van der Waals surface area contributed by atoms with E-state index in [1.165, 1.54) is 0 Å². The third kappa shape index (κ3) is 2.03. The van der Waals surface area contributed by atoms with Gasteiger partial charge >= 0.3 is 0 Å². The van der Waals surface area contributed by atoms with Gasteiger partial charge in [0.15, 0.2) is 5.82 Å². The molecular formula is C8H10N6. The van der Waals surface area contributed by atoms with Crippen molar-refractivity contribution in [3.05, 3.63) is 30.7 Å². The molecule has 0 bridgehead atoms. The molecule has 0 aromatic carbocycles. The molecule has 0 aliphatic rings. The second-order valence-electron chi connectivity index (χ2n) is 2.78. The van der Waals surface area contributed by atoms with Crippen LogP contribution in [-0.2, 0) is 13.6 Å². The first kappa shape index (κ1) is 8.61. The number of hydrogen-bond donors (Lipinski definition) is 1. The minimum absolute atomic E-state index is 0.555. The van der Waals surface area contributed by atoms with Crippen molar-refractivity contribution in [2.24, 2.45) is 7.05 Å². The lowest BCUT2D eigenvalue weighted by molar-refractivity contribution is 0.747. The minimum atomic E-state index is 0.555. The summed E-state index contributed by atoms with van der Waals surface area (Å²) in [6.07, 6.45) is 6.58. The van der Waals surface area contributed by atoms with Crippen LogP contribution in [0.5, 0.6) is 0 Å². The highest BCUT2D eigenvalue weighted by atomic mass is 15.3. The molecule has 2 aromatic heterocycles. The molecule has 0 unspecified atom stereocenters. The molecule has 1 N–H and O–H groups in total. The van der Waals surface area contributed by atoms with E-state index in [0.29, 0.717) is 6.54 Å². The van der Waals surface area contributed by atoms with E-state index >= 15 is 0 Å². The van der Waals surface area contributed by atoms with Crippen LogP contribution < -0.4 is 5.32 Å². The van der Waals surface area contributed by atoms with Crippen LogP contribution in [0.1, 0.15) is 5.82 Å². The summed E-state index contributed by atoms with van der Waals surface area (Å²) in [4.78, 5) is 12.1. The Hall–Kier alpha value is -1.98. The van der Waals surface area contributed by atoms with Gasteiger partial charge in [0.1, 0.15) is 12.1 Å². The van der Waals surface area contributed by atoms with Crippen molar-refractivity contribution in [2.75, 3.05) is 5.32 Å². The van der Waals surface area contributed by atoms with Gasteiger partial charge < -0.3 is 5.32 Å². The van der Waals surface area contributed by atoms with Gasteiger partial charge in [-0.15, -0.1) is 0 Å². The fraction of sp³-hybridized carbons (Fsp3) is 0.250. The Bertz CT molecular complexity index is 395. The number of aryl methyl sites for hydroxylation is 1. The zero-order valence-corrected chi connectivity index (χ0v) is 7.75. The number of hydrogen-bond acceptors (Lipinski definition) is 5. The van der Waals surface area contributed by atoms with Crippen molar-refractivity contribution in [3.63, 3.8) is 0 Å². The molecule has 2 rings (SSSR count). The lowest BCUT2D eigenvalue weighted by Gasteiger charge is -2.00. The Morgan fingerprint density at radius 2 is 2.29 bits per heavy atom. The molecule has 2 aromatic rings. The zero-order chi connectivity index (χ0) is 9.80. The van der Waals surface area contributed by atoms with Crippen LogP contribution in [-0.4, -0.2) is 24.7 Å². The Labute approximate surface area is 81.0 Å². The average Bonchev–Trinajstić information content (AvgIpc) is 2.63. The summed E-state index contributed by atoms with van der Waals surface area (Å²) in [5.74, 6) is 1.46. The fourth-order valence-corrected chi connectivity index (χ4v) is 1.02. The van der Waals surface area contributed by atoms with E-state index in [4.69, 9.17) is 0 Å². The summed E-state index contributed by atoms with van der Waals surface area (Å²) in [6, 6.07) is 0. The highest BCUT2D eigenvalue weighted by molar-refractivity contribution is 5.29. The van der Waals surface area contributed by atoms with Crippen LogP contribution in [0.25, 0.3) is 0 Å². The van der Waals surface area contributed by atoms with Crippen LogP contribution >= 0.6 is 0 Å². The van der Waals surface area contributed by atoms with Gasteiger partial charge in [-0.1, -0.05) is 0 Å². The number of nitrogens with one attached hydrogen (secondary N) is 1. The summed E-state index contributed by atoms with van der Waals surface area (Å²) in [5.41, 5.74) is 0. The normalized spacial score (nSPS) is 10.1. The summed E-state index contributed by atoms with van der Waals surface area (Å²) >= 11 is 0. The Kier molecular flexibility index (Phi) is 2.35. The smallest absolute Gasteiger partial charge is 0.169 e. The van der Waals surface area contributed by atoms with Gasteiger partial charge in [0, 0.05) is 19.4 Å². The standard InChI is InChI=1S/C8H10N6/c1-14-6-12-8(13-14)5-11-7-4-9-2-3-10-7/h2-4,6H,5H2,1H3,(H,10,11). The minimum Gasteiger partial charge on any atom is -0.361 e. The number of aromatic nitrogens is 5.